The van der Waals surface area contributed by atoms with Crippen LogP contribution in [0.2, 0.25) is 0 Å². The number of hydrogen-bond acceptors (Lipinski definition) is 6. The minimum Gasteiger partial charge on any atom is -0.337 e. The second-order valence-corrected chi connectivity index (χ2v) is 25.9. The zero-order chi connectivity index (χ0) is 49.5. The van der Waals surface area contributed by atoms with Crippen molar-refractivity contribution < 1.29 is 0 Å². The Balaban J connectivity index is 1.29. The molecule has 71 heavy (non-hydrogen) atoms. The van der Waals surface area contributed by atoms with Gasteiger partial charge in [0.25, 0.3) is 0 Å². The van der Waals surface area contributed by atoms with Gasteiger partial charge in [-0.05, 0) is 78.7 Å². The topological polar surface area (TPSA) is 40.6 Å². The monoisotopic (exact) mass is 1040 g/mol. The van der Waals surface area contributed by atoms with Crippen LogP contribution in [-0.4, -0.2) is 24.1 Å². The summed E-state index contributed by atoms with van der Waals surface area (Å²) < 4.78 is 14.9. The van der Waals surface area contributed by atoms with Gasteiger partial charge >= 0.3 is 0 Å². The zero-order valence-corrected chi connectivity index (χ0v) is 49.2. The van der Waals surface area contributed by atoms with Crippen LogP contribution in [0.4, 0.5) is 0 Å². The molecule has 0 N–H and O–H groups in total. The number of aromatic nitrogens is 5. The fraction of sp³-hybridized carbons (Fsp3) is 0.710. The van der Waals surface area contributed by atoms with Crippen molar-refractivity contribution in [2.75, 3.05) is 0 Å². The van der Waals surface area contributed by atoms with Gasteiger partial charge in [0.05, 0.1) is 56.8 Å². The lowest BCUT2D eigenvalue weighted by Crippen LogP contribution is -2.13. The average molecular weight is 1040 g/mol. The third-order valence-corrected chi connectivity index (χ3v) is 21.4. The van der Waals surface area contributed by atoms with Gasteiger partial charge in [-0.2, -0.15) is 15.0 Å². The van der Waals surface area contributed by atoms with Gasteiger partial charge in [-0.3, -0.25) is 0 Å². The molecular formula is C62H95N5S4. The molecular weight excluding hydrogens is 943 g/mol. The van der Waals surface area contributed by atoms with Gasteiger partial charge in [0.15, 0.2) is 0 Å². The van der Waals surface area contributed by atoms with Crippen LogP contribution in [0.15, 0.2) is 10.8 Å². The molecule has 392 valence electrons. The molecule has 0 bridgehead atoms. The Labute approximate surface area is 445 Å². The predicted octanol–water partition coefficient (Wildman–Crippen LogP) is 22.4. The Bertz CT molecular complexity index is 2650. The fourth-order valence-electron chi connectivity index (χ4n) is 12.1. The average Bonchev–Trinajstić information content (AvgIpc) is 4.26. The molecule has 0 fully saturated rings. The molecule has 0 aliphatic heterocycles. The second kappa shape index (κ2) is 27.9. The Kier molecular flexibility index (Phi) is 21.5. The van der Waals surface area contributed by atoms with Gasteiger partial charge in [0, 0.05) is 23.9 Å². The van der Waals surface area contributed by atoms with Gasteiger partial charge in [0.2, 0.25) is 0 Å². The summed E-state index contributed by atoms with van der Waals surface area (Å²) in [5.41, 5.74) is 11.4. The van der Waals surface area contributed by atoms with Crippen molar-refractivity contribution in [3.05, 3.63) is 21.9 Å². The van der Waals surface area contributed by atoms with E-state index in [1.165, 1.54) is 251 Å². The van der Waals surface area contributed by atoms with E-state index in [0.29, 0.717) is 11.8 Å². The smallest absolute Gasteiger partial charge is 0.124 e. The minimum atomic E-state index is 0.634. The van der Waals surface area contributed by atoms with Gasteiger partial charge < -0.3 is 9.13 Å². The second-order valence-electron chi connectivity index (χ2n) is 22.1. The number of unbranched alkanes of at least 4 members (excludes halogenated alkanes) is 21. The van der Waals surface area contributed by atoms with Crippen molar-refractivity contribution in [2.24, 2.45) is 11.8 Å². The van der Waals surface area contributed by atoms with Crippen molar-refractivity contribution in [2.45, 2.75) is 274 Å². The molecule has 5 nitrogen and oxygen atoms in total. The van der Waals surface area contributed by atoms with Crippen LogP contribution in [-0.2, 0) is 32.5 Å². The molecule has 7 aromatic heterocycles. The van der Waals surface area contributed by atoms with Crippen molar-refractivity contribution in [3.8, 4) is 0 Å². The molecule has 0 saturated heterocycles. The largest absolute Gasteiger partial charge is 0.337 e. The molecule has 0 saturated carbocycles. The highest BCUT2D eigenvalue weighted by Crippen LogP contribution is 2.53. The summed E-state index contributed by atoms with van der Waals surface area (Å²) in [7, 11) is 0. The van der Waals surface area contributed by atoms with E-state index < -0.39 is 0 Å². The number of fused-ring (bicyclic) bond motifs is 14. The van der Waals surface area contributed by atoms with Gasteiger partial charge in [-0.15, -0.1) is 45.3 Å². The first-order valence-corrected chi connectivity index (χ1v) is 33.5. The van der Waals surface area contributed by atoms with E-state index >= 15 is 0 Å². The first-order valence-electron chi connectivity index (χ1n) is 30.1. The lowest BCUT2D eigenvalue weighted by molar-refractivity contribution is 0.398. The number of nitrogens with zero attached hydrogens (tertiary/aromatic N) is 5. The molecule has 7 heterocycles. The standard InChI is InChI=1S/C62H95N5S4/c1-8-15-20-23-25-27-29-31-33-38-47-43-68-61-55-59(70-57(47)61)49-51-52(64-67(63-51)40-35-22-17-10-3)50-54(53(49)65(55)41-45(13-6)36-18-11-4)66(42-46(14-7)37-19-12-5)56-60(50)71-58-48(44-69-62(56)58)39-34-32-30-28-26-24-21-16-9-2/h43-46H,8-42H2,1-7H3. The van der Waals surface area contributed by atoms with E-state index in [1.54, 1.807) is 20.5 Å². The molecule has 0 amide bonds. The number of aryl methyl sites for hydroxylation is 3. The van der Waals surface area contributed by atoms with Crippen LogP contribution in [0.3, 0.4) is 0 Å². The highest BCUT2D eigenvalue weighted by molar-refractivity contribution is 7.33. The molecule has 0 aliphatic carbocycles. The van der Waals surface area contributed by atoms with Crippen molar-refractivity contribution >= 4 is 117 Å². The van der Waals surface area contributed by atoms with Crippen LogP contribution in [0, 0.1) is 11.8 Å². The number of rotatable bonds is 37. The molecule has 8 rings (SSSR count). The maximum atomic E-state index is 5.66. The summed E-state index contributed by atoms with van der Waals surface area (Å²) in [5, 5.41) is 19.2. The van der Waals surface area contributed by atoms with Gasteiger partial charge in [0.1, 0.15) is 11.0 Å². The van der Waals surface area contributed by atoms with Crippen LogP contribution in [0.25, 0.3) is 72.1 Å². The van der Waals surface area contributed by atoms with Gasteiger partial charge in [-0.1, -0.05) is 209 Å². The fourth-order valence-corrected chi connectivity index (χ4v) is 17.6. The van der Waals surface area contributed by atoms with Crippen molar-refractivity contribution in [1.29, 1.82) is 0 Å². The SMILES string of the molecule is CCCCCCCCCCCc1csc2c1sc1c3c4nn(CCCCCC)nc4c4c5sc6c(CCCCCCCCCCC)csc6c5n(CC(CC)CCCC)c4c3n(CC(CC)CCCC)c21. The molecule has 2 unspecified atom stereocenters. The highest BCUT2D eigenvalue weighted by Gasteiger charge is 2.32. The summed E-state index contributed by atoms with van der Waals surface area (Å²) in [5.74, 6) is 1.27. The Morgan fingerprint density at radius 2 is 0.761 bits per heavy atom. The Morgan fingerprint density at radius 3 is 1.14 bits per heavy atom. The van der Waals surface area contributed by atoms with Crippen LogP contribution in [0.5, 0.6) is 0 Å². The number of thiophene rings is 4. The predicted molar refractivity (Wildman–Crippen MR) is 323 cm³/mol. The lowest BCUT2D eigenvalue weighted by atomic mass is 9.99. The first-order chi connectivity index (χ1) is 35.0. The lowest BCUT2D eigenvalue weighted by Gasteiger charge is -2.20. The van der Waals surface area contributed by atoms with Crippen LogP contribution in [0.1, 0.15) is 252 Å². The Hall–Kier alpha value is -2.46. The minimum absolute atomic E-state index is 0.634. The molecule has 9 heteroatoms. The summed E-state index contributed by atoms with van der Waals surface area (Å²) in [6.45, 7) is 19.7. The van der Waals surface area contributed by atoms with E-state index in [4.69, 9.17) is 10.2 Å². The van der Waals surface area contributed by atoms with Crippen molar-refractivity contribution in [1.82, 2.24) is 24.1 Å². The number of benzene rings is 1. The van der Waals surface area contributed by atoms with E-state index in [2.05, 4.69) is 95.8 Å². The maximum Gasteiger partial charge on any atom is 0.124 e. The summed E-state index contributed by atoms with van der Waals surface area (Å²) in [4.78, 5) is 2.13. The highest BCUT2D eigenvalue weighted by atomic mass is 32.1. The molecule has 8 aromatic rings. The molecule has 1 aromatic carbocycles. The third kappa shape index (κ3) is 12.6. The molecule has 0 radical (unpaired) electrons. The summed E-state index contributed by atoms with van der Waals surface area (Å²) in [6.07, 6.45) is 42.2. The molecule has 0 spiro atoms. The van der Waals surface area contributed by atoms with E-state index in [-0.39, 0.29) is 0 Å². The molecule has 2 atom stereocenters. The van der Waals surface area contributed by atoms with E-state index in [0.717, 1.165) is 37.1 Å². The van der Waals surface area contributed by atoms with E-state index in [9.17, 15) is 0 Å². The normalized spacial score (nSPS) is 13.5. The van der Waals surface area contributed by atoms with Crippen molar-refractivity contribution in [3.63, 3.8) is 0 Å². The Morgan fingerprint density at radius 1 is 0.394 bits per heavy atom. The zero-order valence-electron chi connectivity index (χ0n) is 45.9. The first kappa shape index (κ1) is 54.8. The quantitative estimate of drug-likeness (QED) is 0.0364. The van der Waals surface area contributed by atoms with Crippen LogP contribution >= 0.6 is 45.3 Å². The van der Waals surface area contributed by atoms with Gasteiger partial charge in [-0.25, -0.2) is 0 Å². The third-order valence-electron chi connectivity index (χ3n) is 16.5. The summed E-state index contributed by atoms with van der Waals surface area (Å²) >= 11 is 8.30. The summed E-state index contributed by atoms with van der Waals surface area (Å²) in [6, 6.07) is 0. The number of hydrogen-bond donors (Lipinski definition) is 0. The maximum absolute atomic E-state index is 5.66. The molecule has 0 aliphatic rings. The van der Waals surface area contributed by atoms with E-state index in [1.807, 2.05) is 22.7 Å². The van der Waals surface area contributed by atoms with Crippen LogP contribution < -0.4 is 0 Å².